The third-order valence-electron chi connectivity index (χ3n) is 2.79. The van der Waals surface area contributed by atoms with Crippen molar-refractivity contribution in [2.75, 3.05) is 0 Å². The first kappa shape index (κ1) is 12.9. The Balaban J connectivity index is 2.08. The van der Waals surface area contributed by atoms with Crippen LogP contribution in [0.5, 0.6) is 0 Å². The van der Waals surface area contributed by atoms with Crippen molar-refractivity contribution in [3.05, 3.63) is 58.0 Å². The summed E-state index contributed by atoms with van der Waals surface area (Å²) in [7, 11) is 0. The number of halogens is 1. The highest BCUT2D eigenvalue weighted by Gasteiger charge is 2.15. The summed E-state index contributed by atoms with van der Waals surface area (Å²) in [5, 5.41) is 2.93. The number of hydrogen-bond acceptors (Lipinski definition) is 2. The van der Waals surface area contributed by atoms with Crippen LogP contribution in [0.4, 0.5) is 0 Å². The summed E-state index contributed by atoms with van der Waals surface area (Å²) in [5.41, 5.74) is 2.79. The minimum Gasteiger partial charge on any atom is -0.457 e. The van der Waals surface area contributed by atoms with Crippen LogP contribution in [0.1, 0.15) is 34.5 Å². The second-order valence-corrected chi connectivity index (χ2v) is 4.93. The molecular formula is C14H14BrNO2. The Hall–Kier alpha value is -1.55. The van der Waals surface area contributed by atoms with Gasteiger partial charge in [0.25, 0.3) is 5.91 Å². The Morgan fingerprint density at radius 2 is 1.94 bits per heavy atom. The molecule has 0 bridgehead atoms. The van der Waals surface area contributed by atoms with Crippen LogP contribution in [0.25, 0.3) is 0 Å². The van der Waals surface area contributed by atoms with Crippen LogP contribution < -0.4 is 5.32 Å². The summed E-state index contributed by atoms with van der Waals surface area (Å²) >= 11 is 3.20. The molecule has 0 saturated heterocycles. The average molecular weight is 308 g/mol. The zero-order chi connectivity index (χ0) is 13.1. The number of hydrogen-bond donors (Lipinski definition) is 1. The van der Waals surface area contributed by atoms with E-state index in [-0.39, 0.29) is 11.9 Å². The summed E-state index contributed by atoms with van der Waals surface area (Å²) in [6.07, 6.45) is 1.48. The Kier molecular flexibility index (Phi) is 3.87. The summed E-state index contributed by atoms with van der Waals surface area (Å²) in [5.74, 6) is -0.149. The molecule has 0 aliphatic carbocycles. The zero-order valence-electron chi connectivity index (χ0n) is 10.2. The van der Waals surface area contributed by atoms with Crippen LogP contribution in [0.15, 0.2) is 45.7 Å². The predicted octanol–water partition coefficient (Wildman–Crippen LogP) is 3.84. The summed E-state index contributed by atoms with van der Waals surface area (Å²) in [6.45, 7) is 3.99. The molecule has 0 saturated carbocycles. The van der Waals surface area contributed by atoms with Gasteiger partial charge in [0, 0.05) is 0 Å². The van der Waals surface area contributed by atoms with Gasteiger partial charge in [-0.2, -0.15) is 0 Å². The Labute approximate surface area is 114 Å². The quantitative estimate of drug-likeness (QED) is 0.936. The van der Waals surface area contributed by atoms with E-state index in [9.17, 15) is 4.79 Å². The molecule has 0 aliphatic heterocycles. The standard InChI is InChI=1S/C14H14BrNO2/c1-9-3-5-11(6-4-9)10(2)16-14(17)12-7-8-18-13(12)15/h3-8,10H,1-2H3,(H,16,17). The van der Waals surface area contributed by atoms with Crippen LogP contribution in [0, 0.1) is 6.92 Å². The van der Waals surface area contributed by atoms with Crippen LogP contribution >= 0.6 is 15.9 Å². The third-order valence-corrected chi connectivity index (χ3v) is 3.40. The minimum atomic E-state index is -0.149. The van der Waals surface area contributed by atoms with Gasteiger partial charge >= 0.3 is 0 Å². The highest BCUT2D eigenvalue weighted by Crippen LogP contribution is 2.19. The summed E-state index contributed by atoms with van der Waals surface area (Å²) in [4.78, 5) is 12.0. The van der Waals surface area contributed by atoms with E-state index in [1.54, 1.807) is 6.07 Å². The van der Waals surface area contributed by atoms with Crippen LogP contribution in [-0.2, 0) is 0 Å². The summed E-state index contributed by atoms with van der Waals surface area (Å²) in [6, 6.07) is 9.70. The minimum absolute atomic E-state index is 0.0418. The topological polar surface area (TPSA) is 42.2 Å². The van der Waals surface area contributed by atoms with Crippen molar-refractivity contribution in [1.82, 2.24) is 5.32 Å². The molecule has 1 aromatic heterocycles. The maximum Gasteiger partial charge on any atom is 0.256 e. The van der Waals surface area contributed by atoms with E-state index in [0.29, 0.717) is 10.2 Å². The number of carbonyl (C=O) groups is 1. The second-order valence-electron chi connectivity index (χ2n) is 4.21. The first-order valence-electron chi connectivity index (χ1n) is 5.68. The lowest BCUT2D eigenvalue weighted by Gasteiger charge is -2.14. The maximum absolute atomic E-state index is 12.0. The Morgan fingerprint density at radius 3 is 2.50 bits per heavy atom. The normalized spacial score (nSPS) is 12.2. The molecule has 1 N–H and O–H groups in total. The third kappa shape index (κ3) is 2.82. The van der Waals surface area contributed by atoms with Crippen molar-refractivity contribution in [2.24, 2.45) is 0 Å². The molecule has 2 rings (SSSR count). The number of aryl methyl sites for hydroxylation is 1. The molecule has 2 aromatic rings. The Bertz CT molecular complexity index is 545. The summed E-state index contributed by atoms with van der Waals surface area (Å²) < 4.78 is 5.50. The van der Waals surface area contributed by atoms with Crippen LogP contribution in [0.2, 0.25) is 0 Å². The molecule has 94 valence electrons. The molecular weight excluding hydrogens is 294 g/mol. The van der Waals surface area contributed by atoms with E-state index < -0.39 is 0 Å². The fraction of sp³-hybridized carbons (Fsp3) is 0.214. The lowest BCUT2D eigenvalue weighted by atomic mass is 10.1. The lowest BCUT2D eigenvalue weighted by molar-refractivity contribution is 0.0938. The molecule has 0 radical (unpaired) electrons. The molecule has 4 heteroatoms. The maximum atomic E-state index is 12.0. The molecule has 1 atom stereocenters. The first-order chi connectivity index (χ1) is 8.58. The van der Waals surface area contributed by atoms with Crippen LogP contribution in [0.3, 0.4) is 0 Å². The van der Waals surface area contributed by atoms with Gasteiger partial charge in [0.15, 0.2) is 4.67 Å². The largest absolute Gasteiger partial charge is 0.457 e. The molecule has 1 aromatic carbocycles. The number of rotatable bonds is 3. The molecule has 1 unspecified atom stereocenters. The molecule has 1 heterocycles. The smallest absolute Gasteiger partial charge is 0.256 e. The molecule has 3 nitrogen and oxygen atoms in total. The fourth-order valence-electron chi connectivity index (χ4n) is 1.67. The number of amides is 1. The van der Waals surface area contributed by atoms with E-state index in [4.69, 9.17) is 4.42 Å². The number of nitrogens with one attached hydrogen (secondary N) is 1. The first-order valence-corrected chi connectivity index (χ1v) is 6.47. The molecule has 0 spiro atoms. The monoisotopic (exact) mass is 307 g/mol. The predicted molar refractivity (Wildman–Crippen MR) is 73.5 cm³/mol. The SMILES string of the molecule is Cc1ccc(C(C)NC(=O)c2ccoc2Br)cc1. The highest BCUT2D eigenvalue weighted by atomic mass is 79.9. The molecule has 1 amide bonds. The number of carbonyl (C=O) groups excluding carboxylic acids is 1. The van der Waals surface area contributed by atoms with E-state index >= 15 is 0 Å². The second kappa shape index (κ2) is 5.40. The van der Waals surface area contributed by atoms with Gasteiger partial charge in [0.05, 0.1) is 17.9 Å². The van der Waals surface area contributed by atoms with Gasteiger partial charge in [0.2, 0.25) is 0 Å². The van der Waals surface area contributed by atoms with Crippen molar-refractivity contribution in [3.63, 3.8) is 0 Å². The highest BCUT2D eigenvalue weighted by molar-refractivity contribution is 9.10. The van der Waals surface area contributed by atoms with Crippen molar-refractivity contribution < 1.29 is 9.21 Å². The van der Waals surface area contributed by atoms with E-state index in [1.165, 1.54) is 11.8 Å². The average Bonchev–Trinajstić information content (AvgIpc) is 2.76. The zero-order valence-corrected chi connectivity index (χ0v) is 11.8. The van der Waals surface area contributed by atoms with Gasteiger partial charge in [-0.1, -0.05) is 29.8 Å². The molecule has 18 heavy (non-hydrogen) atoms. The van der Waals surface area contributed by atoms with Gasteiger partial charge in [-0.15, -0.1) is 0 Å². The molecule has 0 fully saturated rings. The number of furan rings is 1. The van der Waals surface area contributed by atoms with Crippen molar-refractivity contribution >= 4 is 21.8 Å². The van der Waals surface area contributed by atoms with Gasteiger partial charge in [0.1, 0.15) is 0 Å². The van der Waals surface area contributed by atoms with Gasteiger partial charge in [-0.25, -0.2) is 0 Å². The lowest BCUT2D eigenvalue weighted by Crippen LogP contribution is -2.26. The fourth-order valence-corrected chi connectivity index (χ4v) is 2.09. The van der Waals surface area contributed by atoms with Crippen molar-refractivity contribution in [2.45, 2.75) is 19.9 Å². The van der Waals surface area contributed by atoms with Gasteiger partial charge < -0.3 is 9.73 Å². The molecule has 0 aliphatic rings. The van der Waals surface area contributed by atoms with E-state index in [2.05, 4.69) is 21.2 Å². The van der Waals surface area contributed by atoms with Crippen molar-refractivity contribution in [1.29, 1.82) is 0 Å². The Morgan fingerprint density at radius 1 is 1.28 bits per heavy atom. The van der Waals surface area contributed by atoms with Gasteiger partial charge in [-0.05, 0) is 41.4 Å². The number of benzene rings is 1. The van der Waals surface area contributed by atoms with Crippen molar-refractivity contribution in [3.8, 4) is 0 Å². The van der Waals surface area contributed by atoms with E-state index in [0.717, 1.165) is 5.56 Å². The van der Waals surface area contributed by atoms with E-state index in [1.807, 2.05) is 38.1 Å². The van der Waals surface area contributed by atoms with Crippen LogP contribution in [-0.4, -0.2) is 5.91 Å². The van der Waals surface area contributed by atoms with Gasteiger partial charge in [-0.3, -0.25) is 4.79 Å².